The second-order valence-electron chi connectivity index (χ2n) is 6.36. The van der Waals surface area contributed by atoms with Gasteiger partial charge in [0.25, 0.3) is 0 Å². The molecule has 1 saturated carbocycles. The zero-order valence-electron chi connectivity index (χ0n) is 13.4. The summed E-state index contributed by atoms with van der Waals surface area (Å²) in [6.07, 6.45) is 6.59. The molecule has 0 aromatic rings. The Bertz CT molecular complexity index is 330. The smallest absolute Gasteiger partial charge is 0.236 e. The third-order valence-electron chi connectivity index (χ3n) is 5.27. The van der Waals surface area contributed by atoms with Gasteiger partial charge in [0.05, 0.1) is 12.6 Å². The van der Waals surface area contributed by atoms with Crippen LogP contribution in [0, 0.1) is 5.41 Å². The Kier molecular flexibility index (Phi) is 5.44. The number of rotatable bonds is 5. The molecule has 1 aliphatic heterocycles. The Morgan fingerprint density at radius 1 is 1.30 bits per heavy atom. The van der Waals surface area contributed by atoms with Crippen LogP contribution in [-0.4, -0.2) is 61.6 Å². The van der Waals surface area contributed by atoms with Gasteiger partial charge in [0.2, 0.25) is 5.91 Å². The van der Waals surface area contributed by atoms with Crippen LogP contribution in [0.25, 0.3) is 0 Å². The van der Waals surface area contributed by atoms with Gasteiger partial charge < -0.3 is 9.64 Å². The summed E-state index contributed by atoms with van der Waals surface area (Å²) in [6.45, 7) is 8.42. The molecular formula is C16H30N2O2. The zero-order valence-corrected chi connectivity index (χ0v) is 13.4. The molecule has 0 bridgehead atoms. The molecule has 20 heavy (non-hydrogen) atoms. The fourth-order valence-corrected chi connectivity index (χ4v) is 4.20. The second-order valence-corrected chi connectivity index (χ2v) is 6.36. The molecule has 0 radical (unpaired) electrons. The highest BCUT2D eigenvalue weighted by Gasteiger charge is 2.45. The van der Waals surface area contributed by atoms with E-state index in [1.54, 1.807) is 0 Å². The standard InChI is InChI=1S/C16H30N2O2/c1-4-18(5-2)15(19)12-17-11-7-10-16(13-17)9-6-8-14(16)20-3/h14H,4-13H2,1-3H3/t14-,16+/m1/s1. The van der Waals surface area contributed by atoms with E-state index in [-0.39, 0.29) is 5.91 Å². The van der Waals surface area contributed by atoms with Crippen molar-refractivity contribution in [2.75, 3.05) is 39.8 Å². The Labute approximate surface area is 123 Å². The van der Waals surface area contributed by atoms with Gasteiger partial charge in [0.1, 0.15) is 0 Å². The molecule has 2 rings (SSSR count). The Morgan fingerprint density at radius 2 is 2.00 bits per heavy atom. The van der Waals surface area contributed by atoms with Gasteiger partial charge >= 0.3 is 0 Å². The fraction of sp³-hybridized carbons (Fsp3) is 0.938. The molecule has 4 heteroatoms. The summed E-state index contributed by atoms with van der Waals surface area (Å²) in [7, 11) is 1.84. The summed E-state index contributed by atoms with van der Waals surface area (Å²) >= 11 is 0. The van der Waals surface area contributed by atoms with E-state index in [4.69, 9.17) is 4.74 Å². The van der Waals surface area contributed by atoms with Crippen LogP contribution in [0.2, 0.25) is 0 Å². The van der Waals surface area contributed by atoms with E-state index in [1.807, 2.05) is 12.0 Å². The first kappa shape index (κ1) is 15.8. The minimum atomic E-state index is 0.277. The largest absolute Gasteiger partial charge is 0.381 e. The number of hydrogen-bond donors (Lipinski definition) is 0. The van der Waals surface area contributed by atoms with Gasteiger partial charge in [-0.25, -0.2) is 0 Å². The maximum absolute atomic E-state index is 12.3. The predicted octanol–water partition coefficient (Wildman–Crippen LogP) is 2.14. The van der Waals surface area contributed by atoms with Gasteiger partial charge in [0.15, 0.2) is 0 Å². The molecular weight excluding hydrogens is 252 g/mol. The summed E-state index contributed by atoms with van der Waals surface area (Å²) in [5.74, 6) is 0.277. The fourth-order valence-electron chi connectivity index (χ4n) is 4.20. The topological polar surface area (TPSA) is 32.8 Å². The summed E-state index contributed by atoms with van der Waals surface area (Å²) in [5.41, 5.74) is 0.316. The van der Waals surface area contributed by atoms with Gasteiger partial charge in [-0.05, 0) is 46.1 Å². The average molecular weight is 282 g/mol. The summed E-state index contributed by atoms with van der Waals surface area (Å²) in [4.78, 5) is 16.6. The van der Waals surface area contributed by atoms with Gasteiger partial charge in [-0.2, -0.15) is 0 Å². The first-order valence-corrected chi connectivity index (χ1v) is 8.18. The van der Waals surface area contributed by atoms with Gasteiger partial charge in [-0.15, -0.1) is 0 Å². The van der Waals surface area contributed by atoms with Crippen molar-refractivity contribution in [1.29, 1.82) is 0 Å². The number of methoxy groups -OCH3 is 1. The molecule has 0 unspecified atom stereocenters. The molecule has 1 spiro atoms. The molecule has 116 valence electrons. The minimum absolute atomic E-state index is 0.277. The summed E-state index contributed by atoms with van der Waals surface area (Å²) in [6, 6.07) is 0. The Morgan fingerprint density at radius 3 is 2.65 bits per heavy atom. The van der Waals surface area contributed by atoms with Crippen LogP contribution in [0.3, 0.4) is 0 Å². The van der Waals surface area contributed by atoms with Gasteiger partial charge in [-0.3, -0.25) is 9.69 Å². The monoisotopic (exact) mass is 282 g/mol. The molecule has 2 aliphatic rings. The van der Waals surface area contributed by atoms with Crippen molar-refractivity contribution in [3.05, 3.63) is 0 Å². The van der Waals surface area contributed by atoms with E-state index in [1.165, 1.54) is 32.1 Å². The molecule has 1 aliphatic carbocycles. The van der Waals surface area contributed by atoms with Crippen LogP contribution in [0.15, 0.2) is 0 Å². The van der Waals surface area contributed by atoms with Crippen molar-refractivity contribution in [3.63, 3.8) is 0 Å². The minimum Gasteiger partial charge on any atom is -0.381 e. The lowest BCUT2D eigenvalue weighted by Crippen LogP contribution is -2.50. The maximum Gasteiger partial charge on any atom is 0.236 e. The highest BCUT2D eigenvalue weighted by molar-refractivity contribution is 5.78. The lowest BCUT2D eigenvalue weighted by molar-refractivity contribution is -0.133. The number of likely N-dealkylation sites (tertiary alicyclic amines) is 1. The number of likely N-dealkylation sites (N-methyl/N-ethyl adjacent to an activating group) is 1. The molecule has 0 N–H and O–H groups in total. The first-order chi connectivity index (χ1) is 9.65. The zero-order chi connectivity index (χ0) is 14.6. The van der Waals surface area contributed by atoms with Crippen molar-refractivity contribution in [1.82, 2.24) is 9.80 Å². The van der Waals surface area contributed by atoms with Crippen molar-refractivity contribution >= 4 is 5.91 Å². The average Bonchev–Trinajstić information content (AvgIpc) is 2.82. The molecule has 1 saturated heterocycles. The highest BCUT2D eigenvalue weighted by Crippen LogP contribution is 2.46. The van der Waals surface area contributed by atoms with Crippen molar-refractivity contribution in [2.24, 2.45) is 5.41 Å². The number of piperidine rings is 1. The normalized spacial score (nSPS) is 30.9. The molecule has 2 atom stereocenters. The lowest BCUT2D eigenvalue weighted by Gasteiger charge is -2.43. The van der Waals surface area contributed by atoms with Crippen molar-refractivity contribution < 1.29 is 9.53 Å². The van der Waals surface area contributed by atoms with E-state index in [9.17, 15) is 4.79 Å². The lowest BCUT2D eigenvalue weighted by atomic mass is 9.76. The SMILES string of the molecule is CCN(CC)C(=O)CN1CCC[C@@]2(CCC[C@H]2OC)C1. The van der Waals surface area contributed by atoms with Crippen LogP contribution >= 0.6 is 0 Å². The third kappa shape index (κ3) is 3.17. The van der Waals surface area contributed by atoms with Crippen LogP contribution in [0.5, 0.6) is 0 Å². The van der Waals surface area contributed by atoms with Crippen molar-refractivity contribution in [3.8, 4) is 0 Å². The third-order valence-corrected chi connectivity index (χ3v) is 5.27. The highest BCUT2D eigenvalue weighted by atomic mass is 16.5. The number of nitrogens with zero attached hydrogens (tertiary/aromatic N) is 2. The molecule has 1 amide bonds. The molecule has 0 aromatic heterocycles. The van der Waals surface area contributed by atoms with Crippen LogP contribution in [0.4, 0.5) is 0 Å². The van der Waals surface area contributed by atoms with E-state index < -0.39 is 0 Å². The molecule has 1 heterocycles. The molecule has 4 nitrogen and oxygen atoms in total. The van der Waals surface area contributed by atoms with Crippen molar-refractivity contribution in [2.45, 2.75) is 52.1 Å². The van der Waals surface area contributed by atoms with E-state index in [2.05, 4.69) is 18.7 Å². The first-order valence-electron chi connectivity index (χ1n) is 8.18. The number of carbonyl (C=O) groups excluding carboxylic acids is 1. The Hall–Kier alpha value is -0.610. The number of ether oxygens (including phenoxy) is 1. The summed E-state index contributed by atoms with van der Waals surface area (Å²) < 4.78 is 5.73. The van der Waals surface area contributed by atoms with Crippen LogP contribution in [-0.2, 0) is 9.53 Å². The summed E-state index contributed by atoms with van der Waals surface area (Å²) in [5, 5.41) is 0. The molecule has 0 aromatic carbocycles. The quantitative estimate of drug-likeness (QED) is 0.774. The van der Waals surface area contributed by atoms with Gasteiger partial charge in [0, 0.05) is 32.2 Å². The predicted molar refractivity (Wildman–Crippen MR) is 80.7 cm³/mol. The number of amides is 1. The Balaban J connectivity index is 1.95. The number of hydrogen-bond acceptors (Lipinski definition) is 3. The van der Waals surface area contributed by atoms with Crippen LogP contribution in [0.1, 0.15) is 46.0 Å². The van der Waals surface area contributed by atoms with Crippen LogP contribution < -0.4 is 0 Å². The second kappa shape index (κ2) is 6.90. The van der Waals surface area contributed by atoms with E-state index >= 15 is 0 Å². The van der Waals surface area contributed by atoms with Gasteiger partial charge in [-0.1, -0.05) is 6.42 Å². The maximum atomic E-state index is 12.3. The van der Waals surface area contributed by atoms with E-state index in [0.717, 1.165) is 26.2 Å². The van der Waals surface area contributed by atoms with E-state index in [0.29, 0.717) is 18.1 Å². The molecule has 2 fully saturated rings. The number of carbonyl (C=O) groups is 1.